The smallest absolute Gasteiger partial charge is 0.478 e. The Morgan fingerprint density at radius 2 is 1.28 bits per heavy atom. The first-order chi connectivity index (χ1) is 14.4. The first-order valence-electron chi connectivity index (χ1n) is 8.05. The lowest BCUT2D eigenvalue weighted by molar-refractivity contribution is -0.138. The van der Waals surface area contributed by atoms with Crippen molar-refractivity contribution >= 4 is 41.0 Å². The Morgan fingerprint density at radius 1 is 0.781 bits per heavy atom. The number of alkyl halides is 6. The van der Waals surface area contributed by atoms with Crippen LogP contribution in [0.1, 0.15) is 21.5 Å². The largest absolute Gasteiger partial charge is 0.488 e. The molecule has 0 spiro atoms. The highest BCUT2D eigenvalue weighted by Crippen LogP contribution is 2.37. The topological polar surface area (TPSA) is 152 Å². The van der Waals surface area contributed by atoms with Gasteiger partial charge in [-0.2, -0.15) is 26.3 Å². The normalized spacial score (nSPS) is 12.6. The van der Waals surface area contributed by atoms with Gasteiger partial charge in [-0.05, 0) is 35.2 Å². The van der Waals surface area contributed by atoms with Crippen LogP contribution in [0.15, 0.2) is 40.1 Å². The fourth-order valence-corrected chi connectivity index (χ4v) is 4.24. The molecule has 172 valence electrons. The zero-order chi connectivity index (χ0) is 24.8. The summed E-state index contributed by atoms with van der Waals surface area (Å²) in [5.41, 5.74) is -7.85. The van der Waals surface area contributed by atoms with Crippen LogP contribution in [0.2, 0.25) is 0 Å². The number of benzene rings is 2. The van der Waals surface area contributed by atoms with Gasteiger partial charge in [-0.1, -0.05) is 6.07 Å². The number of carboxylic acids is 1. The van der Waals surface area contributed by atoms with Gasteiger partial charge in [0.05, 0.1) is 26.5 Å². The number of halogens is 6. The SMILES string of the molecule is O=C(O)c1c(C(F)(F)F)cc(B(O)O)cc1S(=O)(=O)c1cc(B(O)O)cc(C(F)(F)F)c1. The molecule has 0 bridgehead atoms. The molecule has 0 saturated carbocycles. The summed E-state index contributed by atoms with van der Waals surface area (Å²) in [5, 5.41) is 46.0. The average Bonchev–Trinajstić information content (AvgIpc) is 2.64. The molecule has 32 heavy (non-hydrogen) atoms. The van der Waals surface area contributed by atoms with Crippen molar-refractivity contribution in [3.63, 3.8) is 0 Å². The highest BCUT2D eigenvalue weighted by Gasteiger charge is 2.41. The zero-order valence-corrected chi connectivity index (χ0v) is 16.0. The van der Waals surface area contributed by atoms with Gasteiger partial charge in [0.15, 0.2) is 0 Å². The standard InChI is InChI=1S/C15H10B2F6O8S/c18-14(19,20)6-1-7(16(26)27)3-9(2-6)32(30,31)11-5-8(17(28)29)4-10(15(21,22)23)12(11)13(24)25/h1-5,26-29H,(H,24,25). The van der Waals surface area contributed by atoms with Gasteiger partial charge in [-0.3, -0.25) is 0 Å². The predicted molar refractivity (Wildman–Crippen MR) is 95.0 cm³/mol. The maximum Gasteiger partial charge on any atom is 0.488 e. The molecular weight excluding hydrogens is 476 g/mol. The van der Waals surface area contributed by atoms with Crippen LogP contribution in [0, 0.1) is 0 Å². The zero-order valence-electron chi connectivity index (χ0n) is 15.2. The lowest BCUT2D eigenvalue weighted by Crippen LogP contribution is -2.34. The van der Waals surface area contributed by atoms with Crippen molar-refractivity contribution in [3.8, 4) is 0 Å². The van der Waals surface area contributed by atoms with E-state index in [9.17, 15) is 54.7 Å². The molecule has 0 aliphatic rings. The van der Waals surface area contributed by atoms with Gasteiger partial charge in [0.2, 0.25) is 9.84 Å². The Labute approximate surface area is 175 Å². The van der Waals surface area contributed by atoms with Gasteiger partial charge in [-0.15, -0.1) is 0 Å². The van der Waals surface area contributed by atoms with Crippen LogP contribution < -0.4 is 10.9 Å². The monoisotopic (exact) mass is 486 g/mol. The van der Waals surface area contributed by atoms with E-state index in [4.69, 9.17) is 10.0 Å². The lowest BCUT2D eigenvalue weighted by Gasteiger charge is -2.18. The minimum Gasteiger partial charge on any atom is -0.478 e. The van der Waals surface area contributed by atoms with Crippen LogP contribution in [0.3, 0.4) is 0 Å². The molecule has 0 fully saturated rings. The summed E-state index contributed by atoms with van der Waals surface area (Å²) in [6.45, 7) is 0. The lowest BCUT2D eigenvalue weighted by atomic mass is 9.78. The molecule has 0 heterocycles. The Kier molecular flexibility index (Phi) is 6.74. The third-order valence-corrected chi connectivity index (χ3v) is 5.85. The number of rotatable bonds is 5. The fraction of sp³-hybridized carbons (Fsp3) is 0.133. The van der Waals surface area contributed by atoms with E-state index in [1.165, 1.54) is 0 Å². The molecule has 5 N–H and O–H groups in total. The fourth-order valence-electron chi connectivity index (χ4n) is 2.66. The van der Waals surface area contributed by atoms with Crippen molar-refractivity contribution in [2.24, 2.45) is 0 Å². The molecule has 0 aromatic heterocycles. The van der Waals surface area contributed by atoms with Crippen molar-refractivity contribution < 1.29 is 64.8 Å². The number of hydrogen-bond acceptors (Lipinski definition) is 7. The van der Waals surface area contributed by atoms with Crippen molar-refractivity contribution in [1.82, 2.24) is 0 Å². The molecule has 0 saturated heterocycles. The van der Waals surface area contributed by atoms with Crippen molar-refractivity contribution in [3.05, 3.63) is 47.0 Å². The summed E-state index contributed by atoms with van der Waals surface area (Å²) in [4.78, 5) is 8.39. The summed E-state index contributed by atoms with van der Waals surface area (Å²) < 4.78 is 105. The van der Waals surface area contributed by atoms with Crippen molar-refractivity contribution in [2.45, 2.75) is 22.1 Å². The number of carbonyl (C=O) groups is 1. The molecule has 0 amide bonds. The van der Waals surface area contributed by atoms with Crippen LogP contribution in [0.5, 0.6) is 0 Å². The Bertz CT molecular complexity index is 1160. The van der Waals surface area contributed by atoms with Gasteiger partial charge in [0.1, 0.15) is 0 Å². The molecule has 0 aliphatic carbocycles. The summed E-state index contributed by atoms with van der Waals surface area (Å²) >= 11 is 0. The molecule has 2 rings (SSSR count). The van der Waals surface area contributed by atoms with Gasteiger partial charge in [-0.25, -0.2) is 13.2 Å². The summed E-state index contributed by atoms with van der Waals surface area (Å²) in [6, 6.07) is 0.505. The van der Waals surface area contributed by atoms with Crippen LogP contribution >= 0.6 is 0 Å². The predicted octanol–water partition coefficient (Wildman–Crippen LogP) is -0.385. The third kappa shape index (κ3) is 5.07. The van der Waals surface area contributed by atoms with E-state index >= 15 is 0 Å². The summed E-state index contributed by atoms with van der Waals surface area (Å²) in [7, 11) is -10.8. The molecule has 2 aromatic carbocycles. The van der Waals surface area contributed by atoms with Crippen molar-refractivity contribution in [2.75, 3.05) is 0 Å². The first kappa shape index (κ1) is 25.7. The second-order valence-electron chi connectivity index (χ2n) is 6.28. The summed E-state index contributed by atoms with van der Waals surface area (Å²) in [5.74, 6) is -2.43. The Hall–Kier alpha value is -2.59. The molecular formula is C15H10B2F6O8S. The van der Waals surface area contributed by atoms with E-state index in [1.807, 2.05) is 0 Å². The molecule has 17 heteroatoms. The second kappa shape index (κ2) is 8.40. The van der Waals surface area contributed by atoms with E-state index in [-0.39, 0.29) is 30.3 Å². The van der Waals surface area contributed by atoms with Crippen LogP contribution in [-0.2, 0) is 22.2 Å². The third-order valence-electron chi connectivity index (χ3n) is 4.10. The molecule has 0 radical (unpaired) electrons. The highest BCUT2D eigenvalue weighted by atomic mass is 32.2. The van der Waals surface area contributed by atoms with E-state index in [1.54, 1.807) is 0 Å². The van der Waals surface area contributed by atoms with Gasteiger partial charge < -0.3 is 25.2 Å². The minimum absolute atomic E-state index is 0.0395. The van der Waals surface area contributed by atoms with Gasteiger partial charge in [0.25, 0.3) is 0 Å². The van der Waals surface area contributed by atoms with Crippen LogP contribution in [0.25, 0.3) is 0 Å². The highest BCUT2D eigenvalue weighted by molar-refractivity contribution is 7.91. The van der Waals surface area contributed by atoms with Gasteiger partial charge >= 0.3 is 32.6 Å². The maximum absolute atomic E-state index is 13.4. The number of sulfone groups is 1. The van der Waals surface area contributed by atoms with Gasteiger partial charge in [0, 0.05) is 0 Å². The molecule has 0 unspecified atom stereocenters. The molecule has 0 atom stereocenters. The Morgan fingerprint density at radius 3 is 1.69 bits per heavy atom. The molecule has 0 aliphatic heterocycles. The molecule has 8 nitrogen and oxygen atoms in total. The quantitative estimate of drug-likeness (QED) is 0.284. The number of hydrogen-bond donors (Lipinski definition) is 5. The van der Waals surface area contributed by atoms with E-state index in [0.717, 1.165) is 0 Å². The van der Waals surface area contributed by atoms with Crippen LogP contribution in [0.4, 0.5) is 26.3 Å². The first-order valence-corrected chi connectivity index (χ1v) is 9.53. The minimum atomic E-state index is -5.52. The maximum atomic E-state index is 13.4. The number of carboxylic acid groups (broad SMARTS) is 1. The van der Waals surface area contributed by atoms with E-state index in [0.29, 0.717) is 0 Å². The second-order valence-corrected chi connectivity index (χ2v) is 8.20. The number of aromatic carboxylic acids is 1. The van der Waals surface area contributed by atoms with Crippen molar-refractivity contribution in [1.29, 1.82) is 0 Å². The van der Waals surface area contributed by atoms with E-state index < -0.39 is 79.8 Å². The molecule has 2 aromatic rings. The summed E-state index contributed by atoms with van der Waals surface area (Å²) in [6.07, 6.45) is -10.7. The average molecular weight is 486 g/mol. The van der Waals surface area contributed by atoms with Crippen LogP contribution in [-0.4, -0.2) is 53.8 Å². The van der Waals surface area contributed by atoms with E-state index in [2.05, 4.69) is 0 Å². The Balaban J connectivity index is 3.01.